The van der Waals surface area contributed by atoms with Crippen molar-refractivity contribution in [2.75, 3.05) is 0 Å². The highest BCUT2D eigenvalue weighted by Crippen LogP contribution is 2.18. The van der Waals surface area contributed by atoms with Crippen LogP contribution in [0.4, 0.5) is 0 Å². The Labute approximate surface area is 97.0 Å². The van der Waals surface area contributed by atoms with Gasteiger partial charge in [0.05, 0.1) is 5.69 Å². The van der Waals surface area contributed by atoms with E-state index in [1.54, 1.807) is 0 Å². The number of hydrogen-bond acceptors (Lipinski definition) is 1. The Bertz CT molecular complexity index is 478. The van der Waals surface area contributed by atoms with Crippen LogP contribution in [0, 0.1) is 13.8 Å². The fraction of sp³-hybridized carbons (Fsp3) is 0.357. The summed E-state index contributed by atoms with van der Waals surface area (Å²) in [6.07, 6.45) is 2.07. The normalized spacial score (nSPS) is 11.1. The van der Waals surface area contributed by atoms with Crippen molar-refractivity contribution >= 4 is 0 Å². The van der Waals surface area contributed by atoms with Gasteiger partial charge in [0.2, 0.25) is 0 Å². The quantitative estimate of drug-likeness (QED) is 0.746. The smallest absolute Gasteiger partial charge is 0.110 e. The van der Waals surface area contributed by atoms with E-state index in [4.69, 9.17) is 0 Å². The summed E-state index contributed by atoms with van der Waals surface area (Å²) in [5, 5.41) is 0. The average Bonchev–Trinajstić information content (AvgIpc) is 2.58. The summed E-state index contributed by atoms with van der Waals surface area (Å²) in [4.78, 5) is 4.41. The lowest BCUT2D eigenvalue weighted by Gasteiger charge is -2.08. The molecule has 0 atom stereocenters. The van der Waals surface area contributed by atoms with Crippen molar-refractivity contribution in [3.63, 3.8) is 0 Å². The molecular formula is C14H18N2. The maximum Gasteiger partial charge on any atom is 0.110 e. The molecule has 0 bridgehead atoms. The first-order chi connectivity index (χ1) is 7.58. The van der Waals surface area contributed by atoms with Gasteiger partial charge in [0.25, 0.3) is 0 Å². The molecule has 1 aromatic heterocycles. The van der Waals surface area contributed by atoms with Crippen LogP contribution in [0.1, 0.15) is 36.8 Å². The summed E-state index contributed by atoms with van der Waals surface area (Å²) < 4.78 is 2.12. The highest BCUT2D eigenvalue weighted by Gasteiger charge is 2.04. The van der Waals surface area contributed by atoms with E-state index in [0.29, 0.717) is 5.92 Å². The lowest BCUT2D eigenvalue weighted by molar-refractivity contribution is 0.864. The summed E-state index contributed by atoms with van der Waals surface area (Å²) in [6, 6.07) is 8.69. The average molecular weight is 214 g/mol. The molecule has 2 rings (SSSR count). The van der Waals surface area contributed by atoms with Crippen LogP contribution >= 0.6 is 0 Å². The number of aryl methyl sites for hydroxylation is 2. The van der Waals surface area contributed by atoms with E-state index in [2.05, 4.69) is 53.9 Å². The Hall–Kier alpha value is -1.57. The lowest BCUT2D eigenvalue weighted by Crippen LogP contribution is -1.96. The van der Waals surface area contributed by atoms with Gasteiger partial charge in [-0.15, -0.1) is 0 Å². The van der Waals surface area contributed by atoms with E-state index in [-0.39, 0.29) is 0 Å². The number of aromatic nitrogens is 2. The van der Waals surface area contributed by atoms with E-state index in [0.717, 1.165) is 11.5 Å². The van der Waals surface area contributed by atoms with Crippen molar-refractivity contribution in [1.29, 1.82) is 0 Å². The van der Waals surface area contributed by atoms with Gasteiger partial charge < -0.3 is 4.57 Å². The van der Waals surface area contributed by atoms with Gasteiger partial charge in [-0.1, -0.05) is 26.0 Å². The zero-order valence-electron chi connectivity index (χ0n) is 10.4. The number of benzene rings is 1. The molecule has 0 N–H and O–H groups in total. The van der Waals surface area contributed by atoms with Gasteiger partial charge in [0, 0.05) is 11.9 Å². The summed E-state index contributed by atoms with van der Waals surface area (Å²) in [6.45, 7) is 8.47. The van der Waals surface area contributed by atoms with E-state index in [1.165, 1.54) is 11.3 Å². The Balaban J connectivity index is 2.38. The molecule has 0 fully saturated rings. The molecule has 0 spiro atoms. The number of rotatable bonds is 2. The van der Waals surface area contributed by atoms with Crippen molar-refractivity contribution in [3.8, 4) is 5.69 Å². The molecule has 16 heavy (non-hydrogen) atoms. The first-order valence-electron chi connectivity index (χ1n) is 5.71. The fourth-order valence-corrected chi connectivity index (χ4v) is 1.90. The summed E-state index contributed by atoms with van der Waals surface area (Å²) >= 11 is 0. The zero-order valence-corrected chi connectivity index (χ0v) is 10.4. The predicted molar refractivity (Wildman–Crippen MR) is 67.1 cm³/mol. The number of imidazole rings is 1. The minimum absolute atomic E-state index is 0.583. The topological polar surface area (TPSA) is 17.8 Å². The SMILES string of the molecule is Cc1cn(-c2ccc(C(C)C)cc2)c(C)n1. The maximum atomic E-state index is 4.41. The molecule has 0 aliphatic rings. The highest BCUT2D eigenvalue weighted by molar-refractivity contribution is 5.37. The van der Waals surface area contributed by atoms with Crippen LogP contribution in [-0.4, -0.2) is 9.55 Å². The Kier molecular flexibility index (Phi) is 2.82. The molecule has 0 saturated heterocycles. The molecule has 1 heterocycles. The second-order valence-electron chi connectivity index (χ2n) is 4.55. The van der Waals surface area contributed by atoms with Crippen LogP contribution in [0.3, 0.4) is 0 Å². The fourth-order valence-electron chi connectivity index (χ4n) is 1.90. The molecule has 84 valence electrons. The summed E-state index contributed by atoms with van der Waals surface area (Å²) in [5.41, 5.74) is 3.62. The van der Waals surface area contributed by atoms with Gasteiger partial charge >= 0.3 is 0 Å². The van der Waals surface area contributed by atoms with Gasteiger partial charge in [-0.2, -0.15) is 0 Å². The Morgan fingerprint density at radius 1 is 1.06 bits per heavy atom. The first kappa shape index (κ1) is 10.9. The molecule has 0 amide bonds. The van der Waals surface area contributed by atoms with Gasteiger partial charge in [0.15, 0.2) is 0 Å². The minimum atomic E-state index is 0.583. The summed E-state index contributed by atoms with van der Waals surface area (Å²) in [7, 11) is 0. The van der Waals surface area contributed by atoms with Crippen LogP contribution in [-0.2, 0) is 0 Å². The van der Waals surface area contributed by atoms with Gasteiger partial charge in [-0.05, 0) is 37.5 Å². The van der Waals surface area contributed by atoms with Gasteiger partial charge in [0.1, 0.15) is 5.82 Å². The molecule has 2 heteroatoms. The van der Waals surface area contributed by atoms with Crippen LogP contribution < -0.4 is 0 Å². The van der Waals surface area contributed by atoms with E-state index >= 15 is 0 Å². The molecule has 0 unspecified atom stereocenters. The largest absolute Gasteiger partial charge is 0.304 e. The molecule has 2 nitrogen and oxygen atoms in total. The molecule has 2 aromatic rings. The second kappa shape index (κ2) is 4.12. The molecule has 0 saturated carbocycles. The molecule has 0 aliphatic carbocycles. The third kappa shape index (κ3) is 2.01. The van der Waals surface area contributed by atoms with Gasteiger partial charge in [-0.3, -0.25) is 0 Å². The lowest BCUT2D eigenvalue weighted by atomic mass is 10.0. The Morgan fingerprint density at radius 3 is 2.12 bits per heavy atom. The molecule has 0 aliphatic heterocycles. The molecule has 0 radical (unpaired) electrons. The second-order valence-corrected chi connectivity index (χ2v) is 4.55. The first-order valence-corrected chi connectivity index (χ1v) is 5.71. The maximum absolute atomic E-state index is 4.41. The van der Waals surface area contributed by atoms with Crippen LogP contribution in [0.2, 0.25) is 0 Å². The van der Waals surface area contributed by atoms with E-state index in [1.807, 2.05) is 13.8 Å². The Morgan fingerprint density at radius 2 is 1.69 bits per heavy atom. The zero-order chi connectivity index (χ0) is 11.7. The number of hydrogen-bond donors (Lipinski definition) is 0. The standard InChI is InChI=1S/C14H18N2/c1-10(2)13-5-7-14(8-6-13)16-9-11(3)15-12(16)4/h5-10H,1-4H3. The molecule has 1 aromatic carbocycles. The van der Waals surface area contributed by atoms with Crippen molar-refractivity contribution in [3.05, 3.63) is 47.5 Å². The van der Waals surface area contributed by atoms with Crippen LogP contribution in [0.15, 0.2) is 30.5 Å². The monoisotopic (exact) mass is 214 g/mol. The van der Waals surface area contributed by atoms with Crippen molar-refractivity contribution in [2.45, 2.75) is 33.6 Å². The van der Waals surface area contributed by atoms with E-state index < -0.39 is 0 Å². The predicted octanol–water partition coefficient (Wildman–Crippen LogP) is 3.61. The van der Waals surface area contributed by atoms with E-state index in [9.17, 15) is 0 Å². The van der Waals surface area contributed by atoms with Crippen molar-refractivity contribution in [2.24, 2.45) is 0 Å². The highest BCUT2D eigenvalue weighted by atomic mass is 15.1. The third-order valence-electron chi connectivity index (χ3n) is 2.84. The third-order valence-corrected chi connectivity index (χ3v) is 2.84. The van der Waals surface area contributed by atoms with Crippen LogP contribution in [0.5, 0.6) is 0 Å². The number of nitrogens with zero attached hydrogens (tertiary/aromatic N) is 2. The van der Waals surface area contributed by atoms with Crippen LogP contribution in [0.25, 0.3) is 5.69 Å². The van der Waals surface area contributed by atoms with Crippen molar-refractivity contribution < 1.29 is 0 Å². The van der Waals surface area contributed by atoms with Gasteiger partial charge in [-0.25, -0.2) is 4.98 Å². The molecular weight excluding hydrogens is 196 g/mol. The minimum Gasteiger partial charge on any atom is -0.304 e. The summed E-state index contributed by atoms with van der Waals surface area (Å²) in [5.74, 6) is 1.62. The van der Waals surface area contributed by atoms with Crippen molar-refractivity contribution in [1.82, 2.24) is 9.55 Å².